The van der Waals surface area contributed by atoms with E-state index in [1.807, 2.05) is 18.3 Å². The number of nitrogens with zero attached hydrogens (tertiary/aromatic N) is 3. The van der Waals surface area contributed by atoms with Gasteiger partial charge in [0.15, 0.2) is 5.65 Å². The van der Waals surface area contributed by atoms with Crippen molar-refractivity contribution in [1.82, 2.24) is 14.5 Å². The second-order valence-electron chi connectivity index (χ2n) is 5.37. The largest absolute Gasteiger partial charge is 0.312 e. The molecule has 0 saturated heterocycles. The molecule has 0 aliphatic heterocycles. The van der Waals surface area contributed by atoms with E-state index in [9.17, 15) is 0 Å². The number of fused-ring (bicyclic) bond motifs is 1. The van der Waals surface area contributed by atoms with Crippen LogP contribution < -0.4 is 0 Å². The number of imidazole rings is 1. The maximum absolute atomic E-state index is 4.62. The zero-order chi connectivity index (χ0) is 11.8. The van der Waals surface area contributed by atoms with Gasteiger partial charge < -0.3 is 4.57 Å². The second kappa shape index (κ2) is 3.89. The van der Waals surface area contributed by atoms with Gasteiger partial charge in [0.2, 0.25) is 0 Å². The van der Waals surface area contributed by atoms with Gasteiger partial charge >= 0.3 is 0 Å². The highest BCUT2D eigenvalue weighted by atomic mass is 15.1. The molecular formula is C13H19N3. The van der Waals surface area contributed by atoms with E-state index in [0.29, 0.717) is 0 Å². The lowest BCUT2D eigenvalue weighted by atomic mass is 9.97. The van der Waals surface area contributed by atoms with Gasteiger partial charge in [-0.25, -0.2) is 9.97 Å². The summed E-state index contributed by atoms with van der Waals surface area (Å²) in [5, 5.41) is 0. The number of hydrogen-bond donors (Lipinski definition) is 0. The van der Waals surface area contributed by atoms with E-state index in [0.717, 1.165) is 30.0 Å². The lowest BCUT2D eigenvalue weighted by molar-refractivity contribution is 0.342. The van der Waals surface area contributed by atoms with Gasteiger partial charge in [0.1, 0.15) is 11.3 Å². The summed E-state index contributed by atoms with van der Waals surface area (Å²) < 4.78 is 2.25. The van der Waals surface area contributed by atoms with Gasteiger partial charge in [-0.15, -0.1) is 0 Å². The Kier molecular flexibility index (Phi) is 2.70. The van der Waals surface area contributed by atoms with Crippen molar-refractivity contribution in [3.8, 4) is 0 Å². The van der Waals surface area contributed by atoms with Crippen LogP contribution in [-0.4, -0.2) is 14.5 Å². The molecule has 0 aliphatic rings. The van der Waals surface area contributed by atoms with Crippen LogP contribution in [0.4, 0.5) is 0 Å². The highest BCUT2D eigenvalue weighted by Gasteiger charge is 2.17. The third kappa shape index (κ3) is 2.08. The fourth-order valence-electron chi connectivity index (χ4n) is 1.92. The van der Waals surface area contributed by atoms with Crippen LogP contribution in [0.25, 0.3) is 11.2 Å². The maximum atomic E-state index is 4.62. The molecule has 3 nitrogen and oxygen atoms in total. The van der Waals surface area contributed by atoms with E-state index in [4.69, 9.17) is 0 Å². The van der Waals surface area contributed by atoms with E-state index >= 15 is 0 Å². The Balaban J connectivity index is 2.56. The molecule has 86 valence electrons. The molecule has 3 heteroatoms. The van der Waals surface area contributed by atoms with Gasteiger partial charge in [-0.2, -0.15) is 0 Å². The van der Waals surface area contributed by atoms with E-state index in [-0.39, 0.29) is 5.41 Å². The van der Waals surface area contributed by atoms with Gasteiger partial charge in [0.25, 0.3) is 0 Å². The summed E-state index contributed by atoms with van der Waals surface area (Å²) >= 11 is 0. The van der Waals surface area contributed by atoms with Crippen LogP contribution in [-0.2, 0) is 13.0 Å². The van der Waals surface area contributed by atoms with Crippen LogP contribution in [0.1, 0.15) is 33.5 Å². The van der Waals surface area contributed by atoms with Crippen molar-refractivity contribution >= 4 is 11.2 Å². The zero-order valence-electron chi connectivity index (χ0n) is 10.5. The topological polar surface area (TPSA) is 30.7 Å². The molecule has 2 rings (SSSR count). The Morgan fingerprint density at radius 3 is 2.69 bits per heavy atom. The molecule has 2 heterocycles. The Morgan fingerprint density at radius 1 is 1.31 bits per heavy atom. The van der Waals surface area contributed by atoms with Gasteiger partial charge in [-0.05, 0) is 17.5 Å². The second-order valence-corrected chi connectivity index (χ2v) is 5.37. The molecule has 0 radical (unpaired) electrons. The van der Waals surface area contributed by atoms with Crippen molar-refractivity contribution in [2.45, 2.75) is 40.7 Å². The standard InChI is InChI=1S/C13H19N3/c1-5-11-15-10-7-6-8-14-12(10)16(11)9-13(2,3)4/h6-8H,5,9H2,1-4H3. The first-order chi connectivity index (χ1) is 7.51. The number of hydrogen-bond acceptors (Lipinski definition) is 2. The Hall–Kier alpha value is -1.38. The third-order valence-corrected chi connectivity index (χ3v) is 2.53. The molecule has 0 unspecified atom stereocenters. The van der Waals surface area contributed by atoms with E-state index in [1.165, 1.54) is 0 Å². The highest BCUT2D eigenvalue weighted by Crippen LogP contribution is 2.22. The number of rotatable bonds is 2. The van der Waals surface area contributed by atoms with Crippen LogP contribution in [0.2, 0.25) is 0 Å². The molecule has 0 aliphatic carbocycles. The van der Waals surface area contributed by atoms with Crippen molar-refractivity contribution in [3.05, 3.63) is 24.2 Å². The molecule has 0 atom stereocenters. The van der Waals surface area contributed by atoms with Gasteiger partial charge in [-0.1, -0.05) is 27.7 Å². The first-order valence-electron chi connectivity index (χ1n) is 5.81. The van der Waals surface area contributed by atoms with Gasteiger partial charge in [0.05, 0.1) is 0 Å². The van der Waals surface area contributed by atoms with Gasteiger partial charge in [-0.3, -0.25) is 0 Å². The average Bonchev–Trinajstić information content (AvgIpc) is 2.55. The summed E-state index contributed by atoms with van der Waals surface area (Å²) in [6.07, 6.45) is 2.79. The van der Waals surface area contributed by atoms with Crippen LogP contribution in [0.3, 0.4) is 0 Å². The Labute approximate surface area is 96.5 Å². The summed E-state index contributed by atoms with van der Waals surface area (Å²) in [7, 11) is 0. The van der Waals surface area contributed by atoms with Crippen LogP contribution >= 0.6 is 0 Å². The van der Waals surface area contributed by atoms with Gasteiger partial charge in [0, 0.05) is 19.2 Å². The van der Waals surface area contributed by atoms with Crippen LogP contribution in [0.5, 0.6) is 0 Å². The van der Waals surface area contributed by atoms with Crippen molar-refractivity contribution in [2.75, 3.05) is 0 Å². The normalized spacial score (nSPS) is 12.2. The molecule has 0 fully saturated rings. The SMILES string of the molecule is CCc1nc2cccnc2n1CC(C)(C)C. The molecule has 0 saturated carbocycles. The predicted molar refractivity (Wildman–Crippen MR) is 66.4 cm³/mol. The first kappa shape index (κ1) is 11.1. The monoisotopic (exact) mass is 217 g/mol. The predicted octanol–water partition coefficient (Wildman–Crippen LogP) is 3.04. The molecule has 2 aromatic heterocycles. The molecule has 2 aromatic rings. The minimum absolute atomic E-state index is 0.245. The minimum Gasteiger partial charge on any atom is -0.312 e. The summed E-state index contributed by atoms with van der Waals surface area (Å²) in [6, 6.07) is 3.97. The minimum atomic E-state index is 0.245. The number of pyridine rings is 1. The van der Waals surface area contributed by atoms with Crippen molar-refractivity contribution in [3.63, 3.8) is 0 Å². The van der Waals surface area contributed by atoms with Crippen molar-refractivity contribution in [2.24, 2.45) is 5.41 Å². The van der Waals surface area contributed by atoms with Crippen molar-refractivity contribution < 1.29 is 0 Å². The molecule has 0 aromatic carbocycles. The molecule has 0 N–H and O–H groups in total. The molecular weight excluding hydrogens is 198 g/mol. The van der Waals surface area contributed by atoms with Crippen molar-refractivity contribution in [1.29, 1.82) is 0 Å². The smallest absolute Gasteiger partial charge is 0.160 e. The fourth-order valence-corrected chi connectivity index (χ4v) is 1.92. The summed E-state index contributed by atoms with van der Waals surface area (Å²) in [5.41, 5.74) is 2.26. The maximum Gasteiger partial charge on any atom is 0.160 e. The summed E-state index contributed by atoms with van der Waals surface area (Å²) in [6.45, 7) is 9.81. The van der Waals surface area contributed by atoms with E-state index < -0.39 is 0 Å². The summed E-state index contributed by atoms with van der Waals surface area (Å²) in [4.78, 5) is 9.05. The average molecular weight is 217 g/mol. The first-order valence-corrected chi connectivity index (χ1v) is 5.81. The van der Waals surface area contributed by atoms with E-state index in [2.05, 4.69) is 42.2 Å². The molecule has 0 spiro atoms. The Morgan fingerprint density at radius 2 is 2.06 bits per heavy atom. The lowest BCUT2D eigenvalue weighted by Crippen LogP contribution is -2.17. The highest BCUT2D eigenvalue weighted by molar-refractivity contribution is 5.71. The zero-order valence-corrected chi connectivity index (χ0v) is 10.5. The van der Waals surface area contributed by atoms with Crippen LogP contribution in [0.15, 0.2) is 18.3 Å². The summed E-state index contributed by atoms with van der Waals surface area (Å²) in [5.74, 6) is 1.13. The number of aryl methyl sites for hydroxylation is 1. The molecule has 0 amide bonds. The quantitative estimate of drug-likeness (QED) is 0.774. The lowest BCUT2D eigenvalue weighted by Gasteiger charge is -2.20. The van der Waals surface area contributed by atoms with E-state index in [1.54, 1.807) is 0 Å². The number of aromatic nitrogens is 3. The van der Waals surface area contributed by atoms with Crippen LogP contribution in [0, 0.1) is 5.41 Å². The molecule has 0 bridgehead atoms. The third-order valence-electron chi connectivity index (χ3n) is 2.53. The Bertz CT molecular complexity index is 491. The molecule has 16 heavy (non-hydrogen) atoms. The fraction of sp³-hybridized carbons (Fsp3) is 0.538.